The molecule has 0 bridgehead atoms. The summed E-state index contributed by atoms with van der Waals surface area (Å²) in [5.74, 6) is -0.575. The molecule has 156 valence electrons. The maximum atomic E-state index is 12.8. The lowest BCUT2D eigenvalue weighted by molar-refractivity contribution is -0.148. The minimum absolute atomic E-state index is 0.184. The van der Waals surface area contributed by atoms with Gasteiger partial charge in [0.15, 0.2) is 0 Å². The van der Waals surface area contributed by atoms with E-state index in [0.29, 0.717) is 19.7 Å². The highest BCUT2D eigenvalue weighted by atomic mass is 16.5. The monoisotopic (exact) mass is 396 g/mol. The van der Waals surface area contributed by atoms with E-state index in [2.05, 4.69) is 34.5 Å². The molecule has 2 atom stereocenters. The van der Waals surface area contributed by atoms with Crippen molar-refractivity contribution >= 4 is 11.9 Å². The number of ether oxygens (including phenoxy) is 1. The molecule has 0 radical (unpaired) electrons. The van der Waals surface area contributed by atoms with E-state index in [0.717, 1.165) is 24.0 Å². The molecule has 2 rings (SSSR count). The Morgan fingerprint density at radius 3 is 1.93 bits per heavy atom. The second-order valence-electron chi connectivity index (χ2n) is 7.30. The number of esters is 1. The average Bonchev–Trinajstić information content (AvgIpc) is 2.74. The Hall–Kier alpha value is -2.66. The number of hydrogen-bond acceptors (Lipinski definition) is 4. The fourth-order valence-electron chi connectivity index (χ4n) is 2.97. The summed E-state index contributed by atoms with van der Waals surface area (Å²) < 4.78 is 5.21. The maximum absolute atomic E-state index is 12.8. The van der Waals surface area contributed by atoms with E-state index in [-0.39, 0.29) is 5.91 Å². The molecule has 0 unspecified atom stereocenters. The van der Waals surface area contributed by atoms with Crippen molar-refractivity contribution in [1.82, 2.24) is 10.2 Å². The Bertz CT molecular complexity index is 708. The second-order valence-corrected chi connectivity index (χ2v) is 7.30. The van der Waals surface area contributed by atoms with Gasteiger partial charge in [-0.05, 0) is 31.4 Å². The fraction of sp³-hybridized carbons (Fsp3) is 0.417. The minimum atomic E-state index is -0.669. The van der Waals surface area contributed by atoms with Gasteiger partial charge in [-0.2, -0.15) is 0 Å². The lowest BCUT2D eigenvalue weighted by Crippen LogP contribution is -2.49. The van der Waals surface area contributed by atoms with Crippen molar-refractivity contribution < 1.29 is 14.3 Å². The van der Waals surface area contributed by atoms with Gasteiger partial charge in [-0.1, -0.05) is 74.0 Å². The Morgan fingerprint density at radius 2 is 1.45 bits per heavy atom. The first-order valence-electron chi connectivity index (χ1n) is 10.3. The van der Waals surface area contributed by atoms with Crippen LogP contribution in [0.3, 0.4) is 0 Å². The van der Waals surface area contributed by atoms with Gasteiger partial charge in [0.2, 0.25) is 5.91 Å². The van der Waals surface area contributed by atoms with Crippen LogP contribution in [-0.2, 0) is 27.4 Å². The Morgan fingerprint density at radius 1 is 0.931 bits per heavy atom. The van der Waals surface area contributed by atoms with Crippen LogP contribution in [0.25, 0.3) is 0 Å². The number of rotatable bonds is 11. The highest BCUT2D eigenvalue weighted by Gasteiger charge is 2.25. The van der Waals surface area contributed by atoms with Crippen molar-refractivity contribution in [3.8, 4) is 0 Å². The van der Waals surface area contributed by atoms with Crippen molar-refractivity contribution in [3.63, 3.8) is 0 Å². The van der Waals surface area contributed by atoms with Gasteiger partial charge in [-0.15, -0.1) is 0 Å². The first-order valence-corrected chi connectivity index (χ1v) is 10.3. The molecule has 0 aliphatic carbocycles. The average molecular weight is 397 g/mol. The molecule has 0 saturated carbocycles. The summed E-state index contributed by atoms with van der Waals surface area (Å²) in [5.41, 5.74) is 2.27. The molecule has 0 aliphatic heterocycles. The Kier molecular flexibility index (Phi) is 9.38. The lowest BCUT2D eigenvalue weighted by atomic mass is 10.1. The van der Waals surface area contributed by atoms with E-state index >= 15 is 0 Å². The van der Waals surface area contributed by atoms with Crippen LogP contribution in [0.15, 0.2) is 60.7 Å². The topological polar surface area (TPSA) is 58.6 Å². The van der Waals surface area contributed by atoms with Gasteiger partial charge >= 0.3 is 5.97 Å². The number of benzene rings is 2. The fourth-order valence-corrected chi connectivity index (χ4v) is 2.97. The number of carbonyl (C=O) groups is 2. The third-order valence-corrected chi connectivity index (χ3v) is 4.84. The summed E-state index contributed by atoms with van der Waals surface area (Å²) in [7, 11) is 0. The molecule has 29 heavy (non-hydrogen) atoms. The predicted molar refractivity (Wildman–Crippen MR) is 115 cm³/mol. The molecule has 0 aliphatic rings. The number of amides is 1. The first kappa shape index (κ1) is 22.6. The predicted octanol–water partition coefficient (Wildman–Crippen LogP) is 3.93. The summed E-state index contributed by atoms with van der Waals surface area (Å²) in [6.07, 6.45) is 1.78. The van der Waals surface area contributed by atoms with E-state index in [9.17, 15) is 9.59 Å². The maximum Gasteiger partial charge on any atom is 0.328 e. The van der Waals surface area contributed by atoms with Gasteiger partial charge in [-0.25, -0.2) is 4.79 Å². The van der Waals surface area contributed by atoms with Crippen molar-refractivity contribution in [2.45, 2.75) is 58.8 Å². The van der Waals surface area contributed by atoms with Crippen LogP contribution in [0.4, 0.5) is 0 Å². The van der Waals surface area contributed by atoms with Crippen molar-refractivity contribution in [2.75, 3.05) is 6.61 Å². The quantitative estimate of drug-likeness (QED) is 0.462. The molecule has 1 N–H and O–H groups in total. The molecule has 2 aromatic rings. The third kappa shape index (κ3) is 7.70. The van der Waals surface area contributed by atoms with Gasteiger partial charge in [0.05, 0.1) is 12.6 Å². The second kappa shape index (κ2) is 12.0. The Labute approximate surface area is 174 Å². The smallest absolute Gasteiger partial charge is 0.328 e. The number of unbranched alkanes of at least 4 members (excludes halogenated alkanes) is 1. The van der Waals surface area contributed by atoms with Crippen LogP contribution in [0.2, 0.25) is 0 Å². The van der Waals surface area contributed by atoms with Crippen LogP contribution in [0.5, 0.6) is 0 Å². The van der Waals surface area contributed by atoms with E-state index in [1.165, 1.54) is 0 Å². The zero-order valence-electron chi connectivity index (χ0n) is 17.6. The van der Waals surface area contributed by atoms with Crippen LogP contribution in [0.1, 0.15) is 44.7 Å². The van der Waals surface area contributed by atoms with Gasteiger partial charge in [-0.3, -0.25) is 9.69 Å². The molecule has 0 aromatic heterocycles. The van der Waals surface area contributed by atoms with Gasteiger partial charge in [0.1, 0.15) is 6.04 Å². The van der Waals surface area contributed by atoms with E-state index in [1.54, 1.807) is 6.92 Å². The SMILES string of the molecule is CCCCOC(=O)[C@H](C)NC(=O)[C@H](C)N(Cc1ccccc1)Cc1ccccc1. The normalized spacial score (nSPS) is 13.0. The minimum Gasteiger partial charge on any atom is -0.464 e. The molecule has 5 nitrogen and oxygen atoms in total. The molecule has 0 fully saturated rings. The van der Waals surface area contributed by atoms with Crippen molar-refractivity contribution in [2.24, 2.45) is 0 Å². The van der Waals surface area contributed by atoms with E-state index in [4.69, 9.17) is 4.74 Å². The van der Waals surface area contributed by atoms with Crippen molar-refractivity contribution in [1.29, 1.82) is 0 Å². The molecule has 0 spiro atoms. The standard InChI is InChI=1S/C24H32N2O3/c1-4-5-16-29-24(28)19(2)25-23(27)20(3)26(17-21-12-8-6-9-13-21)18-22-14-10-7-11-15-22/h6-15,19-20H,4-5,16-18H2,1-3H3,(H,25,27)/t19-,20-/m0/s1. The lowest BCUT2D eigenvalue weighted by Gasteiger charge is -2.29. The van der Waals surface area contributed by atoms with Crippen LogP contribution in [-0.4, -0.2) is 35.5 Å². The first-order chi connectivity index (χ1) is 14.0. The van der Waals surface area contributed by atoms with Crippen LogP contribution >= 0.6 is 0 Å². The summed E-state index contributed by atoms with van der Waals surface area (Å²) in [5, 5.41) is 2.80. The molecular formula is C24H32N2O3. The number of nitrogens with zero attached hydrogens (tertiary/aromatic N) is 1. The molecule has 0 heterocycles. The van der Waals surface area contributed by atoms with Gasteiger partial charge in [0, 0.05) is 13.1 Å². The zero-order valence-corrected chi connectivity index (χ0v) is 17.6. The molecule has 0 saturated heterocycles. The number of nitrogens with one attached hydrogen (secondary N) is 1. The van der Waals surface area contributed by atoms with Crippen molar-refractivity contribution in [3.05, 3.63) is 71.8 Å². The summed E-state index contributed by atoms with van der Waals surface area (Å²) in [6, 6.07) is 19.1. The Balaban J connectivity index is 2.03. The van der Waals surface area contributed by atoms with Gasteiger partial charge < -0.3 is 10.1 Å². The zero-order chi connectivity index (χ0) is 21.1. The van der Waals surface area contributed by atoms with Crippen LogP contribution in [0, 0.1) is 0 Å². The molecule has 1 amide bonds. The molecular weight excluding hydrogens is 364 g/mol. The van der Waals surface area contributed by atoms with Gasteiger partial charge in [0.25, 0.3) is 0 Å². The third-order valence-electron chi connectivity index (χ3n) is 4.84. The summed E-state index contributed by atoms with van der Waals surface area (Å²) in [4.78, 5) is 27.0. The highest BCUT2D eigenvalue weighted by molar-refractivity contribution is 5.87. The number of hydrogen-bond donors (Lipinski definition) is 1. The highest BCUT2D eigenvalue weighted by Crippen LogP contribution is 2.14. The van der Waals surface area contributed by atoms with Crippen LogP contribution < -0.4 is 5.32 Å². The van der Waals surface area contributed by atoms with E-state index < -0.39 is 18.1 Å². The largest absolute Gasteiger partial charge is 0.464 e. The number of carbonyl (C=O) groups excluding carboxylic acids is 2. The summed E-state index contributed by atoms with van der Waals surface area (Å²) >= 11 is 0. The summed E-state index contributed by atoms with van der Waals surface area (Å²) in [6.45, 7) is 7.24. The van der Waals surface area contributed by atoms with E-state index in [1.807, 2.05) is 50.2 Å². The molecule has 2 aromatic carbocycles. The molecule has 5 heteroatoms.